The molecule has 0 saturated carbocycles. The smallest absolute Gasteiger partial charge is 0.290 e. The number of aliphatic hydroxyl groups excluding tert-OH is 1. The average Bonchev–Trinajstić information content (AvgIpc) is 3.19. The third-order valence-electron chi connectivity index (χ3n) is 6.06. The van der Waals surface area contributed by atoms with Crippen molar-refractivity contribution in [2.24, 2.45) is 5.41 Å². The third kappa shape index (κ3) is 3.58. The number of hydrogen-bond donors (Lipinski definition) is 2. The van der Waals surface area contributed by atoms with Crippen LogP contribution in [-0.2, 0) is 14.8 Å². The van der Waals surface area contributed by atoms with Crippen LogP contribution in [0.3, 0.4) is 0 Å². The van der Waals surface area contributed by atoms with Gasteiger partial charge >= 0.3 is 0 Å². The lowest BCUT2D eigenvalue weighted by atomic mass is 9.72. The van der Waals surface area contributed by atoms with Gasteiger partial charge in [-0.2, -0.15) is 4.31 Å². The Kier molecular flexibility index (Phi) is 6.55. The SMILES string of the molecule is CC[C@@]1(CO)C[C@@H]2CC[C@H]1N2S(=O)(=O)c1cc(OC)c(C)cc1C.O=CO. The fourth-order valence-corrected chi connectivity index (χ4v) is 6.87. The number of ether oxygens (including phenoxy) is 1. The van der Waals surface area contributed by atoms with Crippen molar-refractivity contribution in [3.05, 3.63) is 23.3 Å². The maximum Gasteiger partial charge on any atom is 0.290 e. The number of aliphatic hydroxyl groups is 1. The van der Waals surface area contributed by atoms with Gasteiger partial charge in [0.25, 0.3) is 6.47 Å². The van der Waals surface area contributed by atoms with Crippen LogP contribution in [0.1, 0.15) is 43.7 Å². The zero-order valence-corrected chi connectivity index (χ0v) is 17.1. The van der Waals surface area contributed by atoms with Crippen LogP contribution in [0.25, 0.3) is 0 Å². The van der Waals surface area contributed by atoms with E-state index in [-0.39, 0.29) is 30.6 Å². The van der Waals surface area contributed by atoms with Crippen LogP contribution in [0.15, 0.2) is 17.0 Å². The first-order chi connectivity index (χ1) is 12.7. The van der Waals surface area contributed by atoms with Crippen molar-refractivity contribution < 1.29 is 28.2 Å². The molecule has 2 N–H and O–H groups in total. The molecular formula is C19H29NO6S. The molecule has 8 heteroatoms. The molecule has 2 heterocycles. The molecule has 27 heavy (non-hydrogen) atoms. The van der Waals surface area contributed by atoms with Gasteiger partial charge in [-0.1, -0.05) is 13.0 Å². The van der Waals surface area contributed by atoms with Gasteiger partial charge < -0.3 is 14.9 Å². The van der Waals surface area contributed by atoms with E-state index in [4.69, 9.17) is 14.6 Å². The van der Waals surface area contributed by atoms with Gasteiger partial charge in [0.1, 0.15) is 5.75 Å². The van der Waals surface area contributed by atoms with Crippen molar-refractivity contribution in [2.45, 2.75) is 63.4 Å². The van der Waals surface area contributed by atoms with Gasteiger partial charge in [0.2, 0.25) is 10.0 Å². The van der Waals surface area contributed by atoms with Gasteiger partial charge in [-0.15, -0.1) is 0 Å². The zero-order valence-electron chi connectivity index (χ0n) is 16.3. The minimum atomic E-state index is -3.60. The van der Waals surface area contributed by atoms with Crippen molar-refractivity contribution in [2.75, 3.05) is 13.7 Å². The molecular weight excluding hydrogens is 370 g/mol. The van der Waals surface area contributed by atoms with E-state index < -0.39 is 10.0 Å². The second-order valence-corrected chi connectivity index (χ2v) is 9.16. The molecule has 0 spiro atoms. The van der Waals surface area contributed by atoms with Gasteiger partial charge in [-0.05, 0) is 50.7 Å². The Bertz CT molecular complexity index is 788. The molecule has 2 aliphatic heterocycles. The summed E-state index contributed by atoms with van der Waals surface area (Å²) in [6, 6.07) is 3.40. The van der Waals surface area contributed by atoms with Crippen molar-refractivity contribution in [1.82, 2.24) is 4.31 Å². The zero-order chi connectivity index (χ0) is 20.4. The molecule has 1 aromatic carbocycles. The maximum absolute atomic E-state index is 13.4. The first-order valence-electron chi connectivity index (χ1n) is 9.09. The topological polar surface area (TPSA) is 104 Å². The molecule has 2 fully saturated rings. The number of rotatable bonds is 5. The van der Waals surface area contributed by atoms with E-state index in [1.54, 1.807) is 17.5 Å². The summed E-state index contributed by atoms with van der Waals surface area (Å²) in [5, 5.41) is 16.8. The van der Waals surface area contributed by atoms with Crippen LogP contribution in [0.2, 0.25) is 0 Å². The van der Waals surface area contributed by atoms with E-state index in [0.29, 0.717) is 10.6 Å². The first-order valence-corrected chi connectivity index (χ1v) is 10.5. The van der Waals surface area contributed by atoms with E-state index in [1.165, 1.54) is 0 Å². The fourth-order valence-electron chi connectivity index (χ4n) is 4.68. The number of hydrogen-bond acceptors (Lipinski definition) is 5. The summed E-state index contributed by atoms with van der Waals surface area (Å²) >= 11 is 0. The highest BCUT2D eigenvalue weighted by molar-refractivity contribution is 7.89. The fraction of sp³-hybridized carbons (Fsp3) is 0.632. The summed E-state index contributed by atoms with van der Waals surface area (Å²) in [6.07, 6.45) is 3.27. The molecule has 2 aliphatic rings. The van der Waals surface area contributed by atoms with Crippen LogP contribution < -0.4 is 4.74 Å². The molecule has 1 aromatic rings. The maximum atomic E-state index is 13.4. The summed E-state index contributed by atoms with van der Waals surface area (Å²) in [6.45, 7) is 5.58. The number of sulfonamides is 1. The molecule has 2 saturated heterocycles. The Hall–Kier alpha value is -1.64. The predicted octanol–water partition coefficient (Wildman–Crippen LogP) is 2.33. The molecule has 0 amide bonds. The normalized spacial score (nSPS) is 27.1. The molecule has 3 atom stereocenters. The molecule has 7 nitrogen and oxygen atoms in total. The van der Waals surface area contributed by atoms with Gasteiger partial charge in [0.15, 0.2) is 0 Å². The molecule has 0 aliphatic carbocycles. The van der Waals surface area contributed by atoms with Crippen molar-refractivity contribution in [1.29, 1.82) is 0 Å². The molecule has 0 unspecified atom stereocenters. The van der Waals surface area contributed by atoms with E-state index >= 15 is 0 Å². The quantitative estimate of drug-likeness (QED) is 0.737. The number of aryl methyl sites for hydroxylation is 2. The summed E-state index contributed by atoms with van der Waals surface area (Å²) in [5.74, 6) is 0.592. The Balaban J connectivity index is 0.000000817. The molecule has 0 radical (unpaired) electrons. The molecule has 3 rings (SSSR count). The van der Waals surface area contributed by atoms with E-state index in [9.17, 15) is 13.5 Å². The van der Waals surface area contributed by atoms with Crippen LogP contribution in [0.5, 0.6) is 5.75 Å². The van der Waals surface area contributed by atoms with Crippen LogP contribution in [0.4, 0.5) is 0 Å². The Labute approximate surface area is 161 Å². The first kappa shape index (κ1) is 21.7. The average molecular weight is 400 g/mol. The van der Waals surface area contributed by atoms with Crippen molar-refractivity contribution >= 4 is 16.5 Å². The minimum Gasteiger partial charge on any atom is -0.496 e. The highest BCUT2D eigenvalue weighted by atomic mass is 32.2. The largest absolute Gasteiger partial charge is 0.496 e. The highest BCUT2D eigenvalue weighted by Gasteiger charge is 2.58. The lowest BCUT2D eigenvalue weighted by Gasteiger charge is -2.34. The number of fused-ring (bicyclic) bond motifs is 2. The second kappa shape index (κ2) is 8.16. The van der Waals surface area contributed by atoms with Crippen LogP contribution >= 0.6 is 0 Å². The van der Waals surface area contributed by atoms with Gasteiger partial charge in [-0.3, -0.25) is 4.79 Å². The number of benzene rings is 1. The number of nitrogens with zero attached hydrogens (tertiary/aromatic N) is 1. The van der Waals surface area contributed by atoms with E-state index in [0.717, 1.165) is 36.8 Å². The summed E-state index contributed by atoms with van der Waals surface area (Å²) in [7, 11) is -2.05. The summed E-state index contributed by atoms with van der Waals surface area (Å²) in [5.41, 5.74) is 1.38. The summed E-state index contributed by atoms with van der Waals surface area (Å²) < 4.78 is 33.8. The van der Waals surface area contributed by atoms with E-state index in [1.807, 2.05) is 26.8 Å². The monoisotopic (exact) mass is 399 g/mol. The number of methoxy groups -OCH3 is 1. The van der Waals surface area contributed by atoms with Gasteiger partial charge in [-0.25, -0.2) is 8.42 Å². The van der Waals surface area contributed by atoms with Gasteiger partial charge in [0.05, 0.1) is 18.6 Å². The standard InChI is InChI=1S/C18H27NO4S.CH2O2/c1-5-18(11-20)10-14-6-7-17(18)19(14)24(21,22)16-9-15(23-4)12(2)8-13(16)3;2-1-3/h8-9,14,17,20H,5-7,10-11H2,1-4H3;1H,(H,2,3)/t14-,17+,18-;/m0./s1. The molecule has 0 aromatic heterocycles. The molecule has 152 valence electrons. The lowest BCUT2D eigenvalue weighted by molar-refractivity contribution is -0.122. The predicted molar refractivity (Wildman–Crippen MR) is 101 cm³/mol. The second-order valence-electron chi connectivity index (χ2n) is 7.35. The lowest BCUT2D eigenvalue weighted by Crippen LogP contribution is -2.42. The highest BCUT2D eigenvalue weighted by Crippen LogP contribution is 2.53. The van der Waals surface area contributed by atoms with Crippen molar-refractivity contribution in [3.8, 4) is 5.75 Å². The number of carboxylic acid groups (broad SMARTS) is 1. The van der Waals surface area contributed by atoms with Crippen LogP contribution in [0, 0.1) is 19.3 Å². The minimum absolute atomic E-state index is 0.00111. The Morgan fingerprint density at radius 3 is 2.41 bits per heavy atom. The van der Waals surface area contributed by atoms with E-state index in [2.05, 4.69) is 0 Å². The Morgan fingerprint density at radius 1 is 1.30 bits per heavy atom. The Morgan fingerprint density at radius 2 is 1.93 bits per heavy atom. The number of carbonyl (C=O) groups is 1. The molecule has 2 bridgehead atoms. The summed E-state index contributed by atoms with van der Waals surface area (Å²) in [4.78, 5) is 8.69. The third-order valence-corrected chi connectivity index (χ3v) is 8.16. The van der Waals surface area contributed by atoms with Crippen LogP contribution in [-0.4, -0.2) is 55.2 Å². The van der Waals surface area contributed by atoms with Gasteiger partial charge in [0, 0.05) is 23.6 Å². The van der Waals surface area contributed by atoms with Crippen molar-refractivity contribution in [3.63, 3.8) is 0 Å².